The number of hydrogen-bond donors (Lipinski definition) is 0. The zero-order valence-electron chi connectivity index (χ0n) is 13.6. The number of thiophene rings is 2. The third-order valence-electron chi connectivity index (χ3n) is 4.03. The summed E-state index contributed by atoms with van der Waals surface area (Å²) in [5.74, 6) is -0.567. The van der Waals surface area contributed by atoms with E-state index >= 15 is 0 Å². The van der Waals surface area contributed by atoms with E-state index in [9.17, 15) is 9.59 Å². The maximum Gasteiger partial charge on any atom is 0.261 e. The van der Waals surface area contributed by atoms with Crippen LogP contribution in [0.15, 0.2) is 63.1 Å². The standard InChI is InChI=1S/C19H14N2O3S2/c22-18-15-3-1-2-4-16(15)19(23)21(18)7-8-24-20-17(13-5-9-25-11-13)14-6-10-26-12-14/h1-6,9-12H,7-8H2. The Bertz CT molecular complexity index is 891. The zero-order valence-corrected chi connectivity index (χ0v) is 15.3. The second-order valence-corrected chi connectivity index (χ2v) is 7.16. The molecular weight excluding hydrogens is 368 g/mol. The molecule has 2 aromatic heterocycles. The van der Waals surface area contributed by atoms with E-state index in [1.807, 2.05) is 33.7 Å². The maximum absolute atomic E-state index is 12.3. The minimum Gasteiger partial charge on any atom is -0.393 e. The smallest absolute Gasteiger partial charge is 0.261 e. The lowest BCUT2D eigenvalue weighted by Gasteiger charge is -2.12. The van der Waals surface area contributed by atoms with Crippen LogP contribution in [-0.4, -0.2) is 35.6 Å². The highest BCUT2D eigenvalue weighted by molar-refractivity contribution is 7.08. The Labute approximate surface area is 158 Å². The van der Waals surface area contributed by atoms with Crippen LogP contribution in [0.25, 0.3) is 0 Å². The van der Waals surface area contributed by atoms with Gasteiger partial charge in [-0.05, 0) is 35.0 Å². The quantitative estimate of drug-likeness (QED) is 0.281. The van der Waals surface area contributed by atoms with E-state index in [-0.39, 0.29) is 25.0 Å². The fourth-order valence-electron chi connectivity index (χ4n) is 2.76. The predicted octanol–water partition coefficient (Wildman–Crippen LogP) is 3.87. The Hall–Kier alpha value is -2.77. The minimum atomic E-state index is -0.283. The lowest BCUT2D eigenvalue weighted by molar-refractivity contribution is 0.0571. The first-order chi connectivity index (χ1) is 12.8. The molecule has 1 aliphatic rings. The molecule has 7 heteroatoms. The summed E-state index contributed by atoms with van der Waals surface area (Å²) >= 11 is 3.18. The number of carbonyl (C=O) groups is 2. The molecule has 4 rings (SSSR count). The van der Waals surface area contributed by atoms with Crippen LogP contribution in [0, 0.1) is 0 Å². The molecule has 0 unspecified atom stereocenters. The Morgan fingerprint density at radius 3 is 2.00 bits per heavy atom. The number of hydrogen-bond acceptors (Lipinski definition) is 6. The molecule has 26 heavy (non-hydrogen) atoms. The van der Waals surface area contributed by atoms with Crippen molar-refractivity contribution in [1.82, 2.24) is 4.90 Å². The number of benzene rings is 1. The average Bonchev–Trinajstić information content (AvgIpc) is 3.41. The third-order valence-corrected chi connectivity index (χ3v) is 5.40. The van der Waals surface area contributed by atoms with Gasteiger partial charge in [0.1, 0.15) is 12.3 Å². The molecule has 0 spiro atoms. The molecule has 1 aromatic carbocycles. The van der Waals surface area contributed by atoms with Crippen LogP contribution >= 0.6 is 22.7 Å². The fraction of sp³-hybridized carbons (Fsp3) is 0.105. The van der Waals surface area contributed by atoms with Crippen LogP contribution in [0.5, 0.6) is 0 Å². The number of carbonyl (C=O) groups excluding carboxylic acids is 2. The molecule has 0 bridgehead atoms. The summed E-state index contributed by atoms with van der Waals surface area (Å²) in [6.07, 6.45) is 0. The van der Waals surface area contributed by atoms with Crippen molar-refractivity contribution in [2.24, 2.45) is 5.16 Å². The van der Waals surface area contributed by atoms with Crippen LogP contribution in [0.4, 0.5) is 0 Å². The van der Waals surface area contributed by atoms with Gasteiger partial charge in [0.15, 0.2) is 0 Å². The summed E-state index contributed by atoms with van der Waals surface area (Å²) in [4.78, 5) is 31.3. The van der Waals surface area contributed by atoms with E-state index < -0.39 is 0 Å². The molecule has 0 saturated carbocycles. The second-order valence-electron chi connectivity index (χ2n) is 5.60. The van der Waals surface area contributed by atoms with Crippen molar-refractivity contribution < 1.29 is 14.4 Å². The highest BCUT2D eigenvalue weighted by atomic mass is 32.1. The normalized spacial score (nSPS) is 13.0. The first-order valence-electron chi connectivity index (χ1n) is 7.96. The van der Waals surface area contributed by atoms with Crippen molar-refractivity contribution in [3.05, 3.63) is 80.2 Å². The summed E-state index contributed by atoms with van der Waals surface area (Å²) in [5.41, 5.74) is 3.59. The van der Waals surface area contributed by atoms with Crippen LogP contribution in [0.1, 0.15) is 31.8 Å². The molecule has 0 N–H and O–H groups in total. The van der Waals surface area contributed by atoms with Gasteiger partial charge in [-0.1, -0.05) is 17.3 Å². The molecule has 2 amide bonds. The molecule has 0 radical (unpaired) electrons. The molecule has 0 aliphatic carbocycles. The third kappa shape index (κ3) is 3.07. The molecule has 0 atom stereocenters. The van der Waals surface area contributed by atoms with E-state index in [1.165, 1.54) is 4.90 Å². The number of fused-ring (bicyclic) bond motifs is 1. The minimum absolute atomic E-state index is 0.142. The molecule has 3 heterocycles. The van der Waals surface area contributed by atoms with Crippen molar-refractivity contribution in [1.29, 1.82) is 0 Å². The van der Waals surface area contributed by atoms with E-state index in [4.69, 9.17) is 4.84 Å². The lowest BCUT2D eigenvalue weighted by atomic mass is 10.1. The van der Waals surface area contributed by atoms with Crippen molar-refractivity contribution in [3.8, 4) is 0 Å². The van der Waals surface area contributed by atoms with Gasteiger partial charge in [0, 0.05) is 21.9 Å². The Kier molecular flexibility index (Phi) is 4.64. The SMILES string of the molecule is O=C1c2ccccc2C(=O)N1CCON=C(c1ccsc1)c1ccsc1. The van der Waals surface area contributed by atoms with Crippen LogP contribution in [0.2, 0.25) is 0 Å². The van der Waals surface area contributed by atoms with Gasteiger partial charge in [0.2, 0.25) is 0 Å². The summed E-state index contributed by atoms with van der Waals surface area (Å²) in [7, 11) is 0. The maximum atomic E-state index is 12.3. The van der Waals surface area contributed by atoms with Gasteiger partial charge in [-0.2, -0.15) is 22.7 Å². The van der Waals surface area contributed by atoms with Crippen LogP contribution in [-0.2, 0) is 4.84 Å². The molecule has 1 aliphatic heterocycles. The molecule has 0 fully saturated rings. The Morgan fingerprint density at radius 2 is 1.50 bits per heavy atom. The Balaban J connectivity index is 1.44. The highest BCUT2D eigenvalue weighted by Gasteiger charge is 2.34. The Morgan fingerprint density at radius 1 is 0.923 bits per heavy atom. The number of imide groups is 1. The number of nitrogens with zero attached hydrogens (tertiary/aromatic N) is 2. The molecule has 3 aromatic rings. The van der Waals surface area contributed by atoms with E-state index in [0.29, 0.717) is 11.1 Å². The van der Waals surface area contributed by atoms with Gasteiger partial charge in [0.25, 0.3) is 11.8 Å². The van der Waals surface area contributed by atoms with Gasteiger partial charge in [-0.3, -0.25) is 14.5 Å². The first kappa shape index (κ1) is 16.7. The van der Waals surface area contributed by atoms with Crippen LogP contribution in [0.3, 0.4) is 0 Å². The van der Waals surface area contributed by atoms with Gasteiger partial charge in [-0.15, -0.1) is 0 Å². The molecule has 5 nitrogen and oxygen atoms in total. The lowest BCUT2D eigenvalue weighted by Crippen LogP contribution is -2.32. The summed E-state index contributed by atoms with van der Waals surface area (Å²) in [5, 5.41) is 12.2. The van der Waals surface area contributed by atoms with Gasteiger partial charge >= 0.3 is 0 Å². The highest BCUT2D eigenvalue weighted by Crippen LogP contribution is 2.22. The fourth-order valence-corrected chi connectivity index (χ4v) is 4.04. The second kappa shape index (κ2) is 7.23. The first-order valence-corrected chi connectivity index (χ1v) is 9.84. The largest absolute Gasteiger partial charge is 0.393 e. The number of oxime groups is 1. The summed E-state index contributed by atoms with van der Waals surface area (Å²) in [6.45, 7) is 0.305. The number of rotatable bonds is 6. The summed E-state index contributed by atoms with van der Waals surface area (Å²) in [6, 6.07) is 10.8. The molecule has 130 valence electrons. The summed E-state index contributed by atoms with van der Waals surface area (Å²) < 4.78 is 0. The molecular formula is C19H14N2O3S2. The van der Waals surface area contributed by atoms with Gasteiger partial charge in [-0.25, -0.2) is 0 Å². The monoisotopic (exact) mass is 382 g/mol. The van der Waals surface area contributed by atoms with Crippen molar-refractivity contribution in [2.75, 3.05) is 13.2 Å². The van der Waals surface area contributed by atoms with Crippen LogP contribution < -0.4 is 0 Å². The topological polar surface area (TPSA) is 59.0 Å². The predicted molar refractivity (Wildman–Crippen MR) is 102 cm³/mol. The number of amides is 2. The van der Waals surface area contributed by atoms with Crippen molar-refractivity contribution >= 4 is 40.2 Å². The van der Waals surface area contributed by atoms with Crippen molar-refractivity contribution in [2.45, 2.75) is 0 Å². The van der Waals surface area contributed by atoms with E-state index in [2.05, 4.69) is 5.16 Å². The van der Waals surface area contributed by atoms with E-state index in [0.717, 1.165) is 16.8 Å². The van der Waals surface area contributed by atoms with Crippen molar-refractivity contribution in [3.63, 3.8) is 0 Å². The molecule has 0 saturated heterocycles. The van der Waals surface area contributed by atoms with Gasteiger partial charge < -0.3 is 4.84 Å². The zero-order chi connectivity index (χ0) is 17.9. The van der Waals surface area contributed by atoms with Gasteiger partial charge in [0.05, 0.1) is 17.7 Å². The van der Waals surface area contributed by atoms with E-state index in [1.54, 1.807) is 46.9 Å². The average molecular weight is 382 g/mol.